The van der Waals surface area contributed by atoms with Crippen molar-refractivity contribution < 1.29 is 8.81 Å². The maximum Gasteiger partial charge on any atom is 0.295 e. The van der Waals surface area contributed by atoms with Crippen LogP contribution in [-0.2, 0) is 6.54 Å². The maximum atomic E-state index is 13.4. The van der Waals surface area contributed by atoms with Gasteiger partial charge in [-0.2, -0.15) is 4.98 Å². The van der Waals surface area contributed by atoms with Crippen molar-refractivity contribution in [3.05, 3.63) is 53.8 Å². The fourth-order valence-electron chi connectivity index (χ4n) is 1.83. The zero-order valence-corrected chi connectivity index (χ0v) is 10.1. The number of aromatic nitrogens is 1. The number of hydrogen-bond acceptors (Lipinski definition) is 4. The molecule has 0 spiro atoms. The first kappa shape index (κ1) is 11.5. The first-order valence-electron chi connectivity index (χ1n) is 5.86. The van der Waals surface area contributed by atoms with Gasteiger partial charge in [-0.3, -0.25) is 0 Å². The molecule has 19 heavy (non-hydrogen) atoms. The Morgan fingerprint density at radius 3 is 2.89 bits per heavy atom. The molecule has 0 atom stereocenters. The molecule has 3 rings (SSSR count). The standard InChI is InChI=1S/C14H12FN3O/c15-11-4-2-1-3-9(11)8-17-14-18-12-7-10(16)5-6-13(12)19-14/h1-7H,8,16H2,(H,17,18). The summed E-state index contributed by atoms with van der Waals surface area (Å²) >= 11 is 0. The molecule has 0 saturated heterocycles. The molecule has 96 valence electrons. The van der Waals surface area contributed by atoms with Crippen molar-refractivity contribution in [1.29, 1.82) is 0 Å². The smallest absolute Gasteiger partial charge is 0.295 e. The van der Waals surface area contributed by atoms with Gasteiger partial charge in [0.15, 0.2) is 5.58 Å². The summed E-state index contributed by atoms with van der Waals surface area (Å²) in [4.78, 5) is 4.24. The van der Waals surface area contributed by atoms with Crippen LogP contribution in [0.1, 0.15) is 5.56 Å². The van der Waals surface area contributed by atoms with Crippen molar-refractivity contribution >= 4 is 22.8 Å². The molecule has 1 aromatic heterocycles. The lowest BCUT2D eigenvalue weighted by atomic mass is 10.2. The minimum atomic E-state index is -0.254. The summed E-state index contributed by atoms with van der Waals surface area (Å²) in [7, 11) is 0. The van der Waals surface area contributed by atoms with E-state index < -0.39 is 0 Å². The first-order chi connectivity index (χ1) is 9.22. The fraction of sp³-hybridized carbons (Fsp3) is 0.0714. The molecule has 0 bridgehead atoms. The largest absolute Gasteiger partial charge is 0.424 e. The van der Waals surface area contributed by atoms with E-state index in [0.717, 1.165) is 0 Å². The van der Waals surface area contributed by atoms with Gasteiger partial charge in [0.05, 0.1) is 0 Å². The molecule has 0 radical (unpaired) electrons. The van der Waals surface area contributed by atoms with Gasteiger partial charge in [-0.25, -0.2) is 4.39 Å². The third kappa shape index (κ3) is 2.35. The number of rotatable bonds is 3. The number of anilines is 2. The Morgan fingerprint density at radius 2 is 2.05 bits per heavy atom. The number of benzene rings is 2. The highest BCUT2D eigenvalue weighted by Gasteiger charge is 2.06. The number of nitrogens with zero attached hydrogens (tertiary/aromatic N) is 1. The van der Waals surface area contributed by atoms with Crippen molar-refractivity contribution in [2.75, 3.05) is 11.1 Å². The number of hydrogen-bond donors (Lipinski definition) is 2. The first-order valence-corrected chi connectivity index (χ1v) is 5.86. The molecule has 2 aromatic carbocycles. The van der Waals surface area contributed by atoms with Gasteiger partial charge in [-0.15, -0.1) is 0 Å². The Kier molecular flexibility index (Phi) is 2.79. The van der Waals surface area contributed by atoms with Crippen molar-refractivity contribution in [2.45, 2.75) is 6.54 Å². The van der Waals surface area contributed by atoms with Crippen LogP contribution in [0.15, 0.2) is 46.9 Å². The molecule has 0 fully saturated rings. The second-order valence-electron chi connectivity index (χ2n) is 4.19. The SMILES string of the molecule is Nc1ccc2oc(NCc3ccccc3F)nc2c1. The second-order valence-corrected chi connectivity index (χ2v) is 4.19. The van der Waals surface area contributed by atoms with E-state index >= 15 is 0 Å². The molecule has 1 heterocycles. The van der Waals surface area contributed by atoms with E-state index in [1.54, 1.807) is 36.4 Å². The quantitative estimate of drug-likeness (QED) is 0.707. The number of nitrogens with one attached hydrogen (secondary N) is 1. The van der Waals surface area contributed by atoms with E-state index in [9.17, 15) is 4.39 Å². The summed E-state index contributed by atoms with van der Waals surface area (Å²) < 4.78 is 18.9. The Labute approximate surface area is 109 Å². The molecule has 0 saturated carbocycles. The highest BCUT2D eigenvalue weighted by atomic mass is 19.1. The molecule has 0 aliphatic rings. The van der Waals surface area contributed by atoms with E-state index in [0.29, 0.717) is 34.9 Å². The third-order valence-corrected chi connectivity index (χ3v) is 2.80. The molecule has 0 unspecified atom stereocenters. The Balaban J connectivity index is 1.80. The third-order valence-electron chi connectivity index (χ3n) is 2.80. The molecular weight excluding hydrogens is 245 g/mol. The zero-order chi connectivity index (χ0) is 13.2. The average Bonchev–Trinajstić information content (AvgIpc) is 2.79. The van der Waals surface area contributed by atoms with Gasteiger partial charge in [-0.1, -0.05) is 18.2 Å². The second kappa shape index (κ2) is 4.61. The van der Waals surface area contributed by atoms with Crippen LogP contribution in [0.25, 0.3) is 11.1 Å². The molecule has 0 aliphatic carbocycles. The molecule has 0 amide bonds. The Hall–Kier alpha value is -2.56. The average molecular weight is 257 g/mol. The summed E-state index contributed by atoms with van der Waals surface area (Å²) in [6.07, 6.45) is 0. The Bertz CT molecular complexity index is 724. The molecular formula is C14H12FN3O. The predicted molar refractivity (Wildman–Crippen MR) is 72.1 cm³/mol. The van der Waals surface area contributed by atoms with Crippen LogP contribution in [0.2, 0.25) is 0 Å². The van der Waals surface area contributed by atoms with Crippen LogP contribution in [0, 0.1) is 5.82 Å². The van der Waals surface area contributed by atoms with Crippen LogP contribution in [0.3, 0.4) is 0 Å². The van der Waals surface area contributed by atoms with E-state index in [1.807, 2.05) is 0 Å². The number of halogens is 1. The summed E-state index contributed by atoms with van der Waals surface area (Å²) in [5, 5.41) is 2.95. The summed E-state index contributed by atoms with van der Waals surface area (Å²) in [5.41, 5.74) is 8.17. The summed E-state index contributed by atoms with van der Waals surface area (Å²) in [5.74, 6) is -0.254. The predicted octanol–water partition coefficient (Wildman–Crippen LogP) is 3.16. The fourth-order valence-corrected chi connectivity index (χ4v) is 1.83. The van der Waals surface area contributed by atoms with Gasteiger partial charge < -0.3 is 15.5 Å². The van der Waals surface area contributed by atoms with Crippen molar-refractivity contribution in [3.63, 3.8) is 0 Å². The minimum Gasteiger partial charge on any atom is -0.424 e. The lowest BCUT2D eigenvalue weighted by Gasteiger charge is -2.02. The summed E-state index contributed by atoms with van der Waals surface area (Å²) in [6, 6.07) is 12.2. The normalized spacial score (nSPS) is 10.8. The Morgan fingerprint density at radius 1 is 1.21 bits per heavy atom. The van der Waals surface area contributed by atoms with E-state index in [4.69, 9.17) is 10.2 Å². The van der Waals surface area contributed by atoms with Gasteiger partial charge in [-0.05, 0) is 24.3 Å². The number of fused-ring (bicyclic) bond motifs is 1. The minimum absolute atomic E-state index is 0.254. The lowest BCUT2D eigenvalue weighted by Crippen LogP contribution is -2.01. The van der Waals surface area contributed by atoms with E-state index in [-0.39, 0.29) is 5.82 Å². The molecule has 0 aliphatic heterocycles. The molecule has 5 heteroatoms. The maximum absolute atomic E-state index is 13.4. The highest BCUT2D eigenvalue weighted by molar-refractivity contribution is 5.78. The number of nitrogen functional groups attached to an aromatic ring is 1. The monoisotopic (exact) mass is 257 g/mol. The lowest BCUT2D eigenvalue weighted by molar-refractivity contribution is 0.599. The van der Waals surface area contributed by atoms with Crippen molar-refractivity contribution in [2.24, 2.45) is 0 Å². The molecule has 4 nitrogen and oxygen atoms in total. The van der Waals surface area contributed by atoms with Gasteiger partial charge >= 0.3 is 0 Å². The summed E-state index contributed by atoms with van der Waals surface area (Å²) in [6.45, 7) is 0.314. The van der Waals surface area contributed by atoms with Crippen LogP contribution in [0.4, 0.5) is 16.1 Å². The molecule has 3 aromatic rings. The van der Waals surface area contributed by atoms with Gasteiger partial charge in [0.1, 0.15) is 11.3 Å². The van der Waals surface area contributed by atoms with Gasteiger partial charge in [0.2, 0.25) is 0 Å². The van der Waals surface area contributed by atoms with Crippen LogP contribution in [-0.4, -0.2) is 4.98 Å². The number of nitrogens with two attached hydrogens (primary N) is 1. The highest BCUT2D eigenvalue weighted by Crippen LogP contribution is 2.21. The number of oxazole rings is 1. The van der Waals surface area contributed by atoms with E-state index in [2.05, 4.69) is 10.3 Å². The molecule has 3 N–H and O–H groups in total. The van der Waals surface area contributed by atoms with E-state index in [1.165, 1.54) is 6.07 Å². The van der Waals surface area contributed by atoms with Crippen molar-refractivity contribution in [3.8, 4) is 0 Å². The van der Waals surface area contributed by atoms with Crippen LogP contribution < -0.4 is 11.1 Å². The van der Waals surface area contributed by atoms with Crippen molar-refractivity contribution in [1.82, 2.24) is 4.98 Å². The van der Waals surface area contributed by atoms with Crippen LogP contribution in [0.5, 0.6) is 0 Å². The van der Waals surface area contributed by atoms with Gasteiger partial charge in [0.25, 0.3) is 6.01 Å². The van der Waals surface area contributed by atoms with Gasteiger partial charge in [0, 0.05) is 17.8 Å². The zero-order valence-electron chi connectivity index (χ0n) is 10.1. The van der Waals surface area contributed by atoms with Crippen LogP contribution >= 0.6 is 0 Å². The topological polar surface area (TPSA) is 64.1 Å².